The second-order valence-electron chi connectivity index (χ2n) is 30.8. The molecule has 0 spiro atoms. The van der Waals surface area contributed by atoms with Crippen LogP contribution in [0.3, 0.4) is 0 Å². The number of nitro groups is 3. The lowest BCUT2D eigenvalue weighted by molar-refractivity contribution is -0.385. The van der Waals surface area contributed by atoms with Crippen LogP contribution in [-0.2, 0) is 58.8 Å². The van der Waals surface area contributed by atoms with Crippen molar-refractivity contribution >= 4 is 120 Å². The van der Waals surface area contributed by atoms with Gasteiger partial charge in [0.05, 0.1) is 96.8 Å². The highest BCUT2D eigenvalue weighted by atomic mass is 19.4. The van der Waals surface area contributed by atoms with E-state index < -0.39 is 44.3 Å². The Bertz CT molecular complexity index is 6830. The van der Waals surface area contributed by atoms with Crippen molar-refractivity contribution in [2.75, 3.05) is 46.4 Å². The minimum atomic E-state index is -4.50. The number of methoxy groups -OCH3 is 1. The molecule has 41 nitrogen and oxygen atoms in total. The van der Waals surface area contributed by atoms with Crippen LogP contribution in [0.4, 0.5) is 99.9 Å². The minimum absolute atomic E-state index is 0.0214. The molecule has 718 valence electrons. The van der Waals surface area contributed by atoms with Gasteiger partial charge >= 0.3 is 18.4 Å². The Morgan fingerprint density at radius 2 is 0.870 bits per heavy atom. The summed E-state index contributed by atoms with van der Waals surface area (Å²) >= 11 is 0. The highest BCUT2D eigenvalue weighted by Gasteiger charge is 2.32. The molecule has 0 atom stereocenters. The predicted octanol–water partition coefficient (Wildman–Crippen LogP) is 17.1. The first-order valence-electron chi connectivity index (χ1n) is 41.4. The fourth-order valence-corrected chi connectivity index (χ4v) is 12.8. The van der Waals surface area contributed by atoms with Gasteiger partial charge in [-0.05, 0) is 158 Å². The van der Waals surface area contributed by atoms with Gasteiger partial charge in [0.2, 0.25) is 12.5 Å². The summed E-state index contributed by atoms with van der Waals surface area (Å²) in [5.74, 6) is 6.62. The Kier molecular flexibility index (Phi) is 39.0. The van der Waals surface area contributed by atoms with Gasteiger partial charge in [0.25, 0.3) is 28.4 Å². The third-order valence-corrected chi connectivity index (χ3v) is 19.0. The average Bonchev–Trinajstić information content (AvgIpc) is 1.64. The van der Waals surface area contributed by atoms with E-state index in [4.69, 9.17) is 62.4 Å². The third kappa shape index (κ3) is 30.4. The molecule has 17 N–H and O–H groups in total. The number of nitrogens with two attached hydrogens (primary N) is 7. The van der Waals surface area contributed by atoms with Crippen LogP contribution in [0.15, 0.2) is 205 Å². The number of aromatic nitrogens is 14. The van der Waals surface area contributed by atoms with Crippen LogP contribution >= 0.6 is 0 Å². The van der Waals surface area contributed by atoms with E-state index in [0.717, 1.165) is 68.9 Å². The van der Waals surface area contributed by atoms with Crippen molar-refractivity contribution in [3.63, 3.8) is 0 Å². The number of benzene rings is 7. The van der Waals surface area contributed by atoms with Gasteiger partial charge in [0.1, 0.15) is 48.0 Å². The van der Waals surface area contributed by atoms with Crippen LogP contribution in [0.1, 0.15) is 155 Å². The summed E-state index contributed by atoms with van der Waals surface area (Å²) in [4.78, 5) is 96.3. The number of carbonyl (C=O) groups excluding carboxylic acids is 3. The highest BCUT2D eigenvalue weighted by Crippen LogP contribution is 2.36. The van der Waals surface area contributed by atoms with E-state index in [1.54, 1.807) is 74.7 Å². The Hall–Kier alpha value is -17.8. The summed E-state index contributed by atoms with van der Waals surface area (Å²) in [7, 11) is 1.36. The maximum absolute atomic E-state index is 12.9. The molecule has 14 rings (SSSR count). The van der Waals surface area contributed by atoms with E-state index in [1.165, 1.54) is 86.8 Å². The number of non-ortho nitro benzene ring substituents is 3. The number of allylic oxidation sites excluding steroid dienone is 2. The van der Waals surface area contributed by atoms with E-state index >= 15 is 0 Å². The minimum Gasteiger partial charge on any atom is -0.511 e. The van der Waals surface area contributed by atoms with Gasteiger partial charge in [-0.15, -0.1) is 0 Å². The van der Waals surface area contributed by atoms with Crippen molar-refractivity contribution in [3.8, 4) is 6.07 Å². The van der Waals surface area contributed by atoms with Crippen molar-refractivity contribution < 1.29 is 60.2 Å². The lowest BCUT2D eigenvalue weighted by Gasteiger charge is -2.11. The van der Waals surface area contributed by atoms with Crippen LogP contribution in [0.5, 0.6) is 0 Å². The van der Waals surface area contributed by atoms with Crippen molar-refractivity contribution in [2.24, 2.45) is 16.6 Å². The number of primary amides is 1. The van der Waals surface area contributed by atoms with Crippen LogP contribution in [0.25, 0.3) is 42.8 Å². The van der Waals surface area contributed by atoms with Gasteiger partial charge < -0.3 is 49.8 Å². The number of ether oxygens (including phenoxy) is 1. The number of hydrogen-bond acceptors (Lipinski definition) is 29. The maximum Gasteiger partial charge on any atom is 0.416 e. The second-order valence-corrected chi connectivity index (χ2v) is 30.8. The van der Waals surface area contributed by atoms with Crippen LogP contribution in [0, 0.1) is 54.8 Å². The zero-order chi connectivity index (χ0) is 102. The van der Waals surface area contributed by atoms with Gasteiger partial charge in [0.15, 0.2) is 16.9 Å². The van der Waals surface area contributed by atoms with E-state index in [-0.39, 0.29) is 76.9 Å². The number of alkyl halides is 6. The summed E-state index contributed by atoms with van der Waals surface area (Å²) in [6.07, 6.45) is -1.20. The Labute approximate surface area is 785 Å². The topological polar surface area (TPSA) is 602 Å². The Balaban J connectivity index is 0.000000226. The number of carbonyl (C=O) groups is 2. The molecule has 3 amide bonds. The normalized spacial score (nSPS) is 11.0. The highest BCUT2D eigenvalue weighted by molar-refractivity contribution is 6.00. The third-order valence-electron chi connectivity index (χ3n) is 19.0. The summed E-state index contributed by atoms with van der Waals surface area (Å²) in [5.41, 5.74) is 45.3. The van der Waals surface area contributed by atoms with Crippen LogP contribution < -0.4 is 56.3 Å². The maximum atomic E-state index is 12.9. The second kappa shape index (κ2) is 50.2. The predicted molar refractivity (Wildman–Crippen MR) is 507 cm³/mol. The van der Waals surface area contributed by atoms with Gasteiger partial charge in [-0.25, -0.2) is 68.5 Å². The summed E-state index contributed by atoms with van der Waals surface area (Å²) in [6.45, 7) is 34.0. The van der Waals surface area contributed by atoms with E-state index in [2.05, 4.69) is 101 Å². The van der Waals surface area contributed by atoms with Crippen LogP contribution in [0.2, 0.25) is 0 Å². The SMILES string of the molecule is CC(C)NN.CC(C)n1nc(Cc2cccc(N)c2)c2c(N)ncnc21.CC(C)n1nc(Cc2cccc(NC(=O)Nc3cccc(C(F)(F)F)c3)c2)c2c(N)ncnc21.CC(C)n1nc(Cc2cccc([N+](=O)[O-])c2)c2c(N)ncnc21.NC=O.O=C=Nc1cccc(C(F)(F)F)c1.[C-]#[N+]/C(C#N)=C(\Cc1cccc([N+](=O)[O-])c1)OC.[C-]#[N+]c1c(Cc2cccc([N+](=O)[O-])c2)nn(C(C)C)c1N. The molecule has 0 saturated carbocycles. The molecule has 0 radical (unpaired) electrons. The average molecular weight is 1900 g/mol. The zero-order valence-electron chi connectivity index (χ0n) is 76.2. The number of urea groups is 1. The molecule has 0 saturated heterocycles. The molecule has 0 bridgehead atoms. The molecule has 7 heterocycles. The molecule has 0 aliphatic rings. The van der Waals surface area contributed by atoms with Gasteiger partial charge in [-0.3, -0.25) is 51.1 Å². The number of amides is 3. The lowest BCUT2D eigenvalue weighted by atomic mass is 10.1. The van der Waals surface area contributed by atoms with Crippen molar-refractivity contribution in [1.82, 2.24) is 74.5 Å². The molecule has 0 fully saturated rings. The molecule has 138 heavy (non-hydrogen) atoms. The number of fused-ring (bicyclic) bond motifs is 3. The van der Waals surface area contributed by atoms with Gasteiger partial charge in [-0.2, -0.15) is 51.7 Å². The van der Waals surface area contributed by atoms with Crippen LogP contribution in [-0.4, -0.2) is 115 Å². The fraction of sp³-hybridized carbons (Fsp3) is 0.253. The van der Waals surface area contributed by atoms with Gasteiger partial charge in [0, 0.05) is 116 Å². The van der Waals surface area contributed by atoms with E-state index in [0.29, 0.717) is 111 Å². The Morgan fingerprint density at radius 3 is 1.23 bits per heavy atom. The van der Waals surface area contributed by atoms with Crippen molar-refractivity contribution in [2.45, 2.75) is 144 Å². The largest absolute Gasteiger partial charge is 0.511 e. The van der Waals surface area contributed by atoms with Gasteiger partial charge in [-0.1, -0.05) is 72.8 Å². The number of rotatable bonds is 22. The molecular weight excluding hydrogens is 1800 g/mol. The Morgan fingerprint density at radius 1 is 0.522 bits per heavy atom. The molecular formula is C91H97F6N31O10. The zero-order valence-corrected chi connectivity index (χ0v) is 76.2. The van der Waals surface area contributed by atoms with Crippen molar-refractivity contribution in [3.05, 3.63) is 315 Å². The number of nitrogens with one attached hydrogen (secondary N) is 3. The molecule has 14 aromatic rings. The first-order valence-corrected chi connectivity index (χ1v) is 41.4. The number of nitriles is 1. The molecule has 47 heteroatoms. The number of nitro benzene ring substituents is 3. The number of anilines is 7. The molecule has 7 aromatic carbocycles. The summed E-state index contributed by atoms with van der Waals surface area (Å²) < 4.78 is 86.9. The number of hydrazine groups is 1. The number of nitrogen functional groups attached to an aromatic ring is 5. The number of halogens is 6. The monoisotopic (exact) mass is 1900 g/mol. The molecule has 0 aliphatic heterocycles. The quantitative estimate of drug-likeness (QED) is 0.00257. The molecule has 0 unspecified atom stereocenters. The molecule has 0 aliphatic carbocycles. The first-order chi connectivity index (χ1) is 65.4. The smallest absolute Gasteiger partial charge is 0.416 e. The lowest BCUT2D eigenvalue weighted by Crippen LogP contribution is -2.29. The van der Waals surface area contributed by atoms with E-state index in [9.17, 15) is 66.3 Å². The standard InChI is InChI=1S/C23H22F3N7O.C15H16N6O2.C15H18N6.C14H15N5O2.C12H9N3O3.C8H4F3NO.C3H10N2.CH3NO/c1-13(2)33-21-19(20(27)28-12-29-21)18(32-33)10-14-5-3-7-16(9-14)30-22(34)31-17-8-4-6-15(11-17)23(24,25)26;1-9(2)20-15-13(14(16)17-8-18-15)12(19-20)7-10-4-3-5-11(6-10)21(22)23;1-9(2)21-15-13(14(17)18-8-19-15)12(20-21)7-10-4-3-5-11(16)6-10;1-9(2)18-14(15)13(16-3)12(17-18)8-10-5-4-6-11(7-10)19(20)21;1-14-11(8-13)12(18-2)7-9-4-3-5-10(6-9)15(16)17;9-8(10,11)6-2-1-3-7(4-6)12-5-13;1-3(2)5-4;2-1-3/h3-9,11-13H,10H2,1-2H3,(H2,27,28,29)(H2,30,31,34);3-6,8-9H,7H2,1-2H3,(H2,16,17,18);3-6,8-9H,7,16H2,1-2H3,(H2,17,18,19);4-7,9H,8,15H2,1-2H3;3-6H,7H2,2H3;1-4H;3,5H,4H2,1-2H3;1H,(H2,2,3)/b;;;;12-11+;;;. The van der Waals surface area contributed by atoms with E-state index in [1.807, 2.05) is 96.5 Å². The number of hydrogen-bond donors (Lipinski definition) is 10. The fourth-order valence-electron chi connectivity index (χ4n) is 12.8. The number of aliphatic imine (C=N–C) groups is 1. The first kappa shape index (κ1) is 107. The summed E-state index contributed by atoms with van der Waals surface area (Å²) in [5, 5.41) is 66.6. The van der Waals surface area contributed by atoms with Crippen molar-refractivity contribution in [1.29, 1.82) is 5.26 Å². The summed E-state index contributed by atoms with van der Waals surface area (Å²) in [6, 6.07) is 44.1. The number of nitrogens with zero attached hydrogens (tertiary/aromatic N) is 21. The number of isocyanates is 1. The molecule has 7 aromatic heterocycles.